The molecule has 0 spiro atoms. The van der Waals surface area contributed by atoms with Crippen LogP contribution in [0.15, 0.2) is 36.8 Å². The van der Waals surface area contributed by atoms with E-state index in [-0.39, 0.29) is 43.2 Å². The average Bonchev–Trinajstić information content (AvgIpc) is 3.28. The highest BCUT2D eigenvalue weighted by Gasteiger charge is 2.35. The summed E-state index contributed by atoms with van der Waals surface area (Å²) < 4.78 is 35.9. The molecular weight excluding hydrogens is 360 g/mol. The molecule has 2 aliphatic rings. The Hall–Kier alpha value is -3.30. The molecule has 27 heavy (non-hydrogen) atoms. The summed E-state index contributed by atoms with van der Waals surface area (Å²) in [7, 11) is 0. The molecule has 10 heteroatoms. The largest absolute Gasteiger partial charge is 0.442 e. The van der Waals surface area contributed by atoms with Gasteiger partial charge in [0, 0.05) is 25.4 Å². The van der Waals surface area contributed by atoms with Gasteiger partial charge in [0.05, 0.1) is 30.7 Å². The minimum atomic E-state index is -1.14. The number of nitrogens with zero attached hydrogens (tertiary/aromatic N) is 5. The van der Waals surface area contributed by atoms with E-state index in [1.54, 1.807) is 6.20 Å². The van der Waals surface area contributed by atoms with E-state index in [0.717, 1.165) is 4.90 Å². The quantitative estimate of drug-likeness (QED) is 0.812. The fraction of sp³-hybridized carbons (Fsp3) is 0.294. The molecule has 140 valence electrons. The van der Waals surface area contributed by atoms with Crippen LogP contribution in [0, 0.1) is 11.6 Å². The van der Waals surface area contributed by atoms with E-state index in [1.165, 1.54) is 40.2 Å². The van der Waals surface area contributed by atoms with Gasteiger partial charge < -0.3 is 9.64 Å². The van der Waals surface area contributed by atoms with Crippen molar-refractivity contribution in [2.45, 2.75) is 19.1 Å². The lowest BCUT2D eigenvalue weighted by atomic mass is 10.1. The van der Waals surface area contributed by atoms with Crippen LogP contribution in [0.2, 0.25) is 0 Å². The molecule has 0 bridgehead atoms. The number of ketones is 1. The van der Waals surface area contributed by atoms with E-state index in [9.17, 15) is 18.4 Å². The molecule has 3 heterocycles. The standard InChI is InChI=1S/C17H15F2N5O3/c18-15-13(22-6-3-11(25)4-7-22)1-2-14(16(15)19)24-10-12(27-17(24)26)9-23-8-5-20-21-23/h1-3,5-6,8,12H,4,7,9-10H2/t12-/m0/s1. The SMILES string of the molecule is O=C1C=CN(c2ccc(N3C[C@H](Cn4ccnn4)OC3=O)c(F)c2F)CC1. The maximum Gasteiger partial charge on any atom is 0.414 e. The van der Waals surface area contributed by atoms with E-state index in [4.69, 9.17) is 4.74 Å². The number of benzene rings is 1. The maximum atomic E-state index is 14.7. The van der Waals surface area contributed by atoms with Crippen LogP contribution in [0.25, 0.3) is 0 Å². The first-order chi connectivity index (χ1) is 13.0. The van der Waals surface area contributed by atoms with Crippen molar-refractivity contribution < 1.29 is 23.1 Å². The fourth-order valence-electron chi connectivity index (χ4n) is 3.07. The molecule has 1 amide bonds. The Morgan fingerprint density at radius 1 is 1.19 bits per heavy atom. The highest BCUT2D eigenvalue weighted by atomic mass is 19.2. The third-order valence-electron chi connectivity index (χ3n) is 4.42. The third-order valence-corrected chi connectivity index (χ3v) is 4.42. The molecule has 1 fully saturated rings. The second kappa shape index (κ2) is 6.78. The Morgan fingerprint density at radius 2 is 1.96 bits per heavy atom. The van der Waals surface area contributed by atoms with Gasteiger partial charge in [0.25, 0.3) is 0 Å². The highest BCUT2D eigenvalue weighted by Crippen LogP contribution is 2.32. The van der Waals surface area contributed by atoms with Crippen molar-refractivity contribution in [2.75, 3.05) is 22.9 Å². The predicted molar refractivity (Wildman–Crippen MR) is 90.1 cm³/mol. The van der Waals surface area contributed by atoms with Gasteiger partial charge in [0.15, 0.2) is 17.4 Å². The number of hydrogen-bond acceptors (Lipinski definition) is 6. The summed E-state index contributed by atoms with van der Waals surface area (Å²) in [6, 6.07) is 2.71. The molecule has 1 aromatic heterocycles. The van der Waals surface area contributed by atoms with Gasteiger partial charge in [0.2, 0.25) is 0 Å². The van der Waals surface area contributed by atoms with Gasteiger partial charge in [-0.05, 0) is 18.2 Å². The van der Waals surface area contributed by atoms with Gasteiger partial charge in [-0.2, -0.15) is 0 Å². The van der Waals surface area contributed by atoms with Crippen molar-refractivity contribution in [3.63, 3.8) is 0 Å². The molecule has 1 aromatic carbocycles. The number of hydrogen-bond donors (Lipinski definition) is 0. The Balaban J connectivity index is 1.55. The van der Waals surface area contributed by atoms with E-state index in [1.807, 2.05) is 0 Å². The van der Waals surface area contributed by atoms with E-state index >= 15 is 0 Å². The van der Waals surface area contributed by atoms with Crippen LogP contribution in [0.1, 0.15) is 6.42 Å². The molecule has 2 aromatic rings. The summed E-state index contributed by atoms with van der Waals surface area (Å²) in [4.78, 5) is 25.9. The molecule has 0 unspecified atom stereocenters. The summed E-state index contributed by atoms with van der Waals surface area (Å²) in [6.45, 7) is 0.584. The van der Waals surface area contributed by atoms with E-state index < -0.39 is 23.8 Å². The van der Waals surface area contributed by atoms with Crippen LogP contribution in [-0.4, -0.2) is 46.1 Å². The van der Waals surface area contributed by atoms with Crippen molar-refractivity contribution in [1.82, 2.24) is 15.0 Å². The van der Waals surface area contributed by atoms with Crippen molar-refractivity contribution in [1.29, 1.82) is 0 Å². The molecule has 0 saturated carbocycles. The van der Waals surface area contributed by atoms with Gasteiger partial charge in [0.1, 0.15) is 6.10 Å². The Morgan fingerprint density at radius 3 is 2.67 bits per heavy atom. The lowest BCUT2D eigenvalue weighted by Gasteiger charge is -2.24. The normalized spacial score (nSPS) is 19.7. The molecular formula is C17H15F2N5O3. The smallest absolute Gasteiger partial charge is 0.414 e. The Kier molecular flexibility index (Phi) is 4.30. The van der Waals surface area contributed by atoms with Crippen molar-refractivity contribution >= 4 is 23.3 Å². The fourth-order valence-corrected chi connectivity index (χ4v) is 3.07. The van der Waals surface area contributed by atoms with Gasteiger partial charge >= 0.3 is 6.09 Å². The molecule has 4 rings (SSSR count). The third kappa shape index (κ3) is 3.25. The summed E-state index contributed by atoms with van der Waals surface area (Å²) in [5.41, 5.74) is -0.189. The van der Waals surface area contributed by atoms with Gasteiger partial charge in [-0.1, -0.05) is 5.21 Å². The number of carbonyl (C=O) groups excluding carboxylic acids is 2. The lowest BCUT2D eigenvalue weighted by Crippen LogP contribution is -2.28. The van der Waals surface area contributed by atoms with Crippen LogP contribution in [0.4, 0.5) is 25.0 Å². The maximum absolute atomic E-state index is 14.7. The van der Waals surface area contributed by atoms with E-state index in [0.29, 0.717) is 0 Å². The number of aromatic nitrogens is 3. The first kappa shape index (κ1) is 17.1. The molecule has 1 saturated heterocycles. The summed E-state index contributed by atoms with van der Waals surface area (Å²) >= 11 is 0. The van der Waals surface area contributed by atoms with Crippen molar-refractivity contribution in [2.24, 2.45) is 0 Å². The van der Waals surface area contributed by atoms with Crippen LogP contribution in [-0.2, 0) is 16.1 Å². The number of allylic oxidation sites excluding steroid dienone is 1. The molecule has 8 nitrogen and oxygen atoms in total. The van der Waals surface area contributed by atoms with Gasteiger partial charge in [-0.3, -0.25) is 9.69 Å². The second-order valence-electron chi connectivity index (χ2n) is 6.20. The zero-order chi connectivity index (χ0) is 19.0. The predicted octanol–water partition coefficient (Wildman–Crippen LogP) is 1.87. The van der Waals surface area contributed by atoms with Crippen LogP contribution in [0.5, 0.6) is 0 Å². The second-order valence-corrected chi connectivity index (χ2v) is 6.20. The number of amides is 1. The monoisotopic (exact) mass is 375 g/mol. The zero-order valence-electron chi connectivity index (χ0n) is 14.1. The first-order valence-corrected chi connectivity index (χ1v) is 8.31. The minimum Gasteiger partial charge on any atom is -0.442 e. The molecule has 2 aliphatic heterocycles. The first-order valence-electron chi connectivity index (χ1n) is 8.31. The molecule has 0 N–H and O–H groups in total. The number of carbonyl (C=O) groups is 2. The number of ether oxygens (including phenoxy) is 1. The molecule has 1 atom stereocenters. The number of rotatable bonds is 4. The summed E-state index contributed by atoms with van der Waals surface area (Å²) in [5.74, 6) is -2.29. The van der Waals surface area contributed by atoms with Crippen LogP contribution in [0.3, 0.4) is 0 Å². The molecule has 0 radical (unpaired) electrons. The van der Waals surface area contributed by atoms with Crippen molar-refractivity contribution in [3.8, 4) is 0 Å². The topological polar surface area (TPSA) is 80.6 Å². The van der Waals surface area contributed by atoms with Crippen molar-refractivity contribution in [3.05, 3.63) is 48.4 Å². The zero-order valence-corrected chi connectivity index (χ0v) is 14.1. The number of halogens is 2. The lowest BCUT2D eigenvalue weighted by molar-refractivity contribution is -0.114. The van der Waals surface area contributed by atoms with E-state index in [2.05, 4.69) is 10.3 Å². The Bertz CT molecular complexity index is 916. The number of cyclic esters (lactones) is 1. The minimum absolute atomic E-state index is 0.00623. The van der Waals surface area contributed by atoms with Gasteiger partial charge in [-0.25, -0.2) is 18.3 Å². The van der Waals surface area contributed by atoms with Crippen LogP contribution >= 0.6 is 0 Å². The average molecular weight is 375 g/mol. The van der Waals surface area contributed by atoms with Gasteiger partial charge in [-0.15, -0.1) is 5.10 Å². The Labute approximate surface area is 152 Å². The molecule has 0 aliphatic carbocycles. The summed E-state index contributed by atoms with van der Waals surface area (Å²) in [5, 5.41) is 7.45. The number of anilines is 2. The summed E-state index contributed by atoms with van der Waals surface area (Å²) in [6.07, 6.45) is 4.75. The highest BCUT2D eigenvalue weighted by molar-refractivity contribution is 5.92. The van der Waals surface area contributed by atoms with Crippen LogP contribution < -0.4 is 9.80 Å².